The number of aromatic hydroxyl groups is 1. The van der Waals surface area contributed by atoms with Crippen molar-refractivity contribution >= 4 is 16.5 Å². The number of phenolic OH excluding ortho intramolecular Hbond substituents is 1. The van der Waals surface area contributed by atoms with Gasteiger partial charge in [0.15, 0.2) is 0 Å². The topological polar surface area (TPSA) is 41.5 Å². The number of anilines is 1. The molecule has 3 heteroatoms. The molecule has 0 fully saturated rings. The minimum atomic E-state index is 0.229. The second-order valence-electron chi connectivity index (χ2n) is 9.18. The van der Waals surface area contributed by atoms with Crippen molar-refractivity contribution < 1.29 is 9.84 Å². The van der Waals surface area contributed by atoms with Crippen LogP contribution in [-0.2, 0) is 6.54 Å². The molecule has 2 N–H and O–H groups in total. The lowest BCUT2D eigenvalue weighted by Crippen LogP contribution is -2.03. The van der Waals surface area contributed by atoms with E-state index in [1.807, 2.05) is 6.07 Å². The van der Waals surface area contributed by atoms with Crippen LogP contribution in [0.25, 0.3) is 10.8 Å². The Balaban J connectivity index is 1.42. The lowest BCUT2D eigenvalue weighted by Gasteiger charge is -2.14. The summed E-state index contributed by atoms with van der Waals surface area (Å²) in [5, 5.41) is 16.2. The van der Waals surface area contributed by atoms with Crippen LogP contribution >= 0.6 is 0 Å². The van der Waals surface area contributed by atoms with Crippen molar-refractivity contribution in [3.63, 3.8) is 0 Å². The van der Waals surface area contributed by atoms with E-state index in [-0.39, 0.29) is 5.75 Å². The van der Waals surface area contributed by atoms with Gasteiger partial charge in [-0.2, -0.15) is 0 Å². The predicted octanol–water partition coefficient (Wildman–Crippen LogP) is 8.77. The maximum atomic E-state index is 10.2. The van der Waals surface area contributed by atoms with Gasteiger partial charge in [-0.3, -0.25) is 0 Å². The second-order valence-corrected chi connectivity index (χ2v) is 9.18. The first-order chi connectivity index (χ1) is 16.2. The first-order valence-electron chi connectivity index (χ1n) is 12.9. The fourth-order valence-electron chi connectivity index (χ4n) is 4.42. The summed E-state index contributed by atoms with van der Waals surface area (Å²) in [5.41, 5.74) is 3.42. The van der Waals surface area contributed by atoms with Gasteiger partial charge in [-0.05, 0) is 35.2 Å². The highest BCUT2D eigenvalue weighted by atomic mass is 16.5. The van der Waals surface area contributed by atoms with E-state index in [1.54, 1.807) is 12.1 Å². The maximum absolute atomic E-state index is 10.2. The third-order valence-electron chi connectivity index (χ3n) is 6.40. The zero-order valence-electron chi connectivity index (χ0n) is 20.5. The standard InChI is InChI=1S/C30H41NO2/c1-3-4-5-6-7-8-9-10-11-14-19-33-28-21-26(20-27(32)22-28)31-23-30-24(2)17-18-25-15-12-13-16-29(25)30/h12-13,15-18,20-22,31-32H,3-11,14,19,23H2,1-2H3. The van der Waals surface area contributed by atoms with Crippen LogP contribution in [0.5, 0.6) is 11.5 Å². The maximum Gasteiger partial charge on any atom is 0.125 e. The smallest absolute Gasteiger partial charge is 0.125 e. The fourth-order valence-corrected chi connectivity index (χ4v) is 4.42. The van der Waals surface area contributed by atoms with Crippen molar-refractivity contribution in [3.8, 4) is 11.5 Å². The van der Waals surface area contributed by atoms with E-state index in [1.165, 1.54) is 79.7 Å². The van der Waals surface area contributed by atoms with E-state index >= 15 is 0 Å². The van der Waals surface area contributed by atoms with E-state index in [4.69, 9.17) is 4.74 Å². The molecule has 3 nitrogen and oxygen atoms in total. The molecule has 0 aromatic heterocycles. The third-order valence-corrected chi connectivity index (χ3v) is 6.40. The van der Waals surface area contributed by atoms with E-state index in [2.05, 4.69) is 55.6 Å². The number of phenols is 1. The summed E-state index contributed by atoms with van der Waals surface area (Å²) >= 11 is 0. The molecule has 3 aromatic carbocycles. The summed E-state index contributed by atoms with van der Waals surface area (Å²) in [6, 6.07) is 18.2. The molecule has 0 atom stereocenters. The Bertz CT molecular complexity index is 982. The van der Waals surface area contributed by atoms with Gasteiger partial charge in [0.1, 0.15) is 11.5 Å². The van der Waals surface area contributed by atoms with Crippen LogP contribution in [0.4, 0.5) is 5.69 Å². The lowest BCUT2D eigenvalue weighted by atomic mass is 9.99. The van der Waals surface area contributed by atoms with Gasteiger partial charge in [0.2, 0.25) is 0 Å². The number of nitrogens with one attached hydrogen (secondary N) is 1. The van der Waals surface area contributed by atoms with Gasteiger partial charge in [0, 0.05) is 30.4 Å². The van der Waals surface area contributed by atoms with Crippen LogP contribution in [0.2, 0.25) is 0 Å². The first-order valence-corrected chi connectivity index (χ1v) is 12.9. The number of rotatable bonds is 15. The molecule has 0 spiro atoms. The fraction of sp³-hybridized carbons (Fsp3) is 0.467. The van der Waals surface area contributed by atoms with Crippen LogP contribution in [0, 0.1) is 6.92 Å². The molecule has 0 unspecified atom stereocenters. The van der Waals surface area contributed by atoms with Gasteiger partial charge in [0.25, 0.3) is 0 Å². The SMILES string of the molecule is CCCCCCCCCCCCOc1cc(O)cc(NCc2c(C)ccc3ccccc23)c1. The molecule has 0 aliphatic heterocycles. The molecule has 33 heavy (non-hydrogen) atoms. The molecule has 0 saturated heterocycles. The van der Waals surface area contributed by atoms with Crippen molar-refractivity contribution in [2.45, 2.75) is 84.6 Å². The van der Waals surface area contributed by atoms with Crippen LogP contribution in [0.1, 0.15) is 82.3 Å². The van der Waals surface area contributed by atoms with Crippen molar-refractivity contribution in [1.82, 2.24) is 0 Å². The molecule has 178 valence electrons. The molecule has 3 aromatic rings. The van der Waals surface area contributed by atoms with E-state index in [0.29, 0.717) is 13.2 Å². The quantitative estimate of drug-likeness (QED) is 0.229. The van der Waals surface area contributed by atoms with Gasteiger partial charge in [-0.25, -0.2) is 0 Å². The highest BCUT2D eigenvalue weighted by molar-refractivity contribution is 5.87. The minimum Gasteiger partial charge on any atom is -0.508 e. The van der Waals surface area contributed by atoms with E-state index in [9.17, 15) is 5.11 Å². The average Bonchev–Trinajstić information content (AvgIpc) is 2.81. The molecule has 0 radical (unpaired) electrons. The predicted molar refractivity (Wildman–Crippen MR) is 141 cm³/mol. The van der Waals surface area contributed by atoms with Crippen molar-refractivity contribution in [1.29, 1.82) is 0 Å². The monoisotopic (exact) mass is 447 g/mol. The Hall–Kier alpha value is -2.68. The number of hydrogen-bond donors (Lipinski definition) is 2. The van der Waals surface area contributed by atoms with Crippen molar-refractivity contribution in [3.05, 3.63) is 65.7 Å². The molecular weight excluding hydrogens is 406 g/mol. The number of hydrogen-bond acceptors (Lipinski definition) is 3. The zero-order valence-corrected chi connectivity index (χ0v) is 20.5. The van der Waals surface area contributed by atoms with Crippen LogP contribution in [-0.4, -0.2) is 11.7 Å². The van der Waals surface area contributed by atoms with Gasteiger partial charge in [0.05, 0.1) is 6.61 Å². The normalized spacial score (nSPS) is 11.1. The summed E-state index contributed by atoms with van der Waals surface area (Å²) in [7, 11) is 0. The van der Waals surface area contributed by atoms with Gasteiger partial charge >= 0.3 is 0 Å². The molecule has 0 heterocycles. The van der Waals surface area contributed by atoms with Crippen LogP contribution in [0.3, 0.4) is 0 Å². The number of benzene rings is 3. The second kappa shape index (κ2) is 13.8. The summed E-state index contributed by atoms with van der Waals surface area (Å²) in [6.45, 7) is 5.81. The number of fused-ring (bicyclic) bond motifs is 1. The number of ether oxygens (including phenoxy) is 1. The Morgan fingerprint density at radius 3 is 2.24 bits per heavy atom. The van der Waals surface area contributed by atoms with Crippen LogP contribution < -0.4 is 10.1 Å². The molecule has 0 aliphatic carbocycles. The molecule has 0 saturated carbocycles. The van der Waals surface area contributed by atoms with Crippen molar-refractivity contribution in [2.24, 2.45) is 0 Å². The summed E-state index contributed by atoms with van der Waals surface area (Å²) in [4.78, 5) is 0. The van der Waals surface area contributed by atoms with E-state index < -0.39 is 0 Å². The van der Waals surface area contributed by atoms with Gasteiger partial charge < -0.3 is 15.2 Å². The Morgan fingerprint density at radius 2 is 1.48 bits per heavy atom. The lowest BCUT2D eigenvalue weighted by molar-refractivity contribution is 0.303. The van der Waals surface area contributed by atoms with Crippen LogP contribution in [0.15, 0.2) is 54.6 Å². The molecular formula is C30H41NO2. The molecule has 0 aliphatic rings. The first kappa shape index (κ1) is 25.0. The Morgan fingerprint density at radius 1 is 0.788 bits per heavy atom. The molecule has 3 rings (SSSR count). The minimum absolute atomic E-state index is 0.229. The highest BCUT2D eigenvalue weighted by Gasteiger charge is 2.06. The number of aryl methyl sites for hydroxylation is 1. The largest absolute Gasteiger partial charge is 0.508 e. The number of unbranched alkanes of at least 4 members (excludes halogenated alkanes) is 9. The average molecular weight is 448 g/mol. The molecule has 0 amide bonds. The third kappa shape index (κ3) is 8.31. The van der Waals surface area contributed by atoms with Gasteiger partial charge in [-0.15, -0.1) is 0 Å². The summed E-state index contributed by atoms with van der Waals surface area (Å²) in [5.74, 6) is 0.954. The molecule has 0 bridgehead atoms. The summed E-state index contributed by atoms with van der Waals surface area (Å²) in [6.07, 6.45) is 13.1. The zero-order chi connectivity index (χ0) is 23.3. The van der Waals surface area contributed by atoms with E-state index in [0.717, 1.165) is 17.9 Å². The van der Waals surface area contributed by atoms with Crippen molar-refractivity contribution in [2.75, 3.05) is 11.9 Å². The summed E-state index contributed by atoms with van der Waals surface area (Å²) < 4.78 is 5.95. The Labute approximate surface area is 200 Å². The highest BCUT2D eigenvalue weighted by Crippen LogP contribution is 2.28. The Kier molecular flexibility index (Phi) is 10.4. The van der Waals surface area contributed by atoms with Gasteiger partial charge in [-0.1, -0.05) is 101 Å².